The van der Waals surface area contributed by atoms with Gasteiger partial charge in [-0.25, -0.2) is 0 Å². The summed E-state index contributed by atoms with van der Waals surface area (Å²) >= 11 is 1.83. The summed E-state index contributed by atoms with van der Waals surface area (Å²) in [6.45, 7) is 13.5. The van der Waals surface area contributed by atoms with Crippen LogP contribution in [0.3, 0.4) is 0 Å². The number of rotatable bonds is 1. The van der Waals surface area contributed by atoms with Gasteiger partial charge in [0.2, 0.25) is 0 Å². The fourth-order valence-corrected chi connectivity index (χ4v) is 2.39. The van der Waals surface area contributed by atoms with E-state index in [0.29, 0.717) is 0 Å². The average Bonchev–Trinajstić information content (AvgIpc) is 2.45. The molecule has 0 radical (unpaired) electrons. The molecule has 0 aliphatic rings. The minimum atomic E-state index is 0.248. The van der Waals surface area contributed by atoms with Crippen LogP contribution in [-0.4, -0.2) is 0 Å². The molecule has 15 heavy (non-hydrogen) atoms. The van der Waals surface area contributed by atoms with Crippen molar-refractivity contribution in [3.63, 3.8) is 0 Å². The zero-order chi connectivity index (χ0) is 11.7. The molecular weight excluding hydrogens is 200 g/mol. The molecule has 0 aliphatic heterocycles. The van der Waals surface area contributed by atoms with Crippen LogP contribution in [0.4, 0.5) is 0 Å². The molecule has 1 aromatic rings. The van der Waals surface area contributed by atoms with Crippen molar-refractivity contribution in [1.29, 1.82) is 0 Å². The quantitative estimate of drug-likeness (QED) is 0.620. The summed E-state index contributed by atoms with van der Waals surface area (Å²) < 4.78 is 0. The van der Waals surface area contributed by atoms with E-state index in [2.05, 4.69) is 65.1 Å². The molecule has 0 nitrogen and oxygen atoms in total. The summed E-state index contributed by atoms with van der Waals surface area (Å²) in [6, 6.07) is 2.24. The SMILES string of the molecule is CC(C)(C)/C=C\c1sccc1C(C)(C)C. The molecule has 1 heterocycles. The molecule has 0 aromatic carbocycles. The highest BCUT2D eigenvalue weighted by Crippen LogP contribution is 2.31. The summed E-state index contributed by atoms with van der Waals surface area (Å²) in [4.78, 5) is 1.40. The van der Waals surface area contributed by atoms with Gasteiger partial charge in [0.25, 0.3) is 0 Å². The third-order valence-electron chi connectivity index (χ3n) is 2.24. The van der Waals surface area contributed by atoms with Gasteiger partial charge < -0.3 is 0 Å². The second-order valence-electron chi connectivity index (χ2n) is 6.15. The Labute approximate surface area is 98.0 Å². The smallest absolute Gasteiger partial charge is 0.0304 e. The Morgan fingerprint density at radius 1 is 1.07 bits per heavy atom. The molecule has 0 aliphatic carbocycles. The molecule has 0 bridgehead atoms. The molecule has 84 valence electrons. The van der Waals surface area contributed by atoms with Crippen LogP contribution >= 0.6 is 11.3 Å². The normalized spacial score (nSPS) is 13.7. The van der Waals surface area contributed by atoms with Crippen molar-refractivity contribution >= 4 is 17.4 Å². The van der Waals surface area contributed by atoms with Crippen molar-refractivity contribution in [3.05, 3.63) is 28.0 Å². The van der Waals surface area contributed by atoms with Crippen LogP contribution in [0.5, 0.6) is 0 Å². The fraction of sp³-hybridized carbons (Fsp3) is 0.571. The van der Waals surface area contributed by atoms with Crippen molar-refractivity contribution in [3.8, 4) is 0 Å². The molecule has 0 amide bonds. The highest BCUT2D eigenvalue weighted by molar-refractivity contribution is 7.11. The predicted molar refractivity (Wildman–Crippen MR) is 71.5 cm³/mol. The van der Waals surface area contributed by atoms with E-state index in [9.17, 15) is 0 Å². The largest absolute Gasteiger partial charge is 0.144 e. The molecule has 0 atom stereocenters. The summed E-state index contributed by atoms with van der Waals surface area (Å²) in [5, 5.41) is 2.18. The van der Waals surface area contributed by atoms with E-state index < -0.39 is 0 Å². The average molecular weight is 222 g/mol. The van der Waals surface area contributed by atoms with Crippen LogP contribution in [0.15, 0.2) is 17.5 Å². The van der Waals surface area contributed by atoms with Gasteiger partial charge in [-0.15, -0.1) is 11.3 Å². The third kappa shape index (κ3) is 3.83. The van der Waals surface area contributed by atoms with Crippen LogP contribution in [0, 0.1) is 5.41 Å². The molecule has 0 saturated carbocycles. The Balaban J connectivity index is 2.98. The van der Waals surface area contributed by atoms with E-state index in [4.69, 9.17) is 0 Å². The lowest BCUT2D eigenvalue weighted by atomic mass is 9.87. The summed E-state index contributed by atoms with van der Waals surface area (Å²) in [6.07, 6.45) is 4.55. The lowest BCUT2D eigenvalue weighted by Crippen LogP contribution is -2.11. The van der Waals surface area contributed by atoms with Crippen LogP contribution < -0.4 is 0 Å². The van der Waals surface area contributed by atoms with Crippen LogP contribution in [0.1, 0.15) is 52.0 Å². The standard InChI is InChI=1S/C14H22S/c1-13(2,3)9-7-12-11(8-10-15-12)14(4,5)6/h7-10H,1-6H3/b9-7-. The number of hydrogen-bond donors (Lipinski definition) is 0. The van der Waals surface area contributed by atoms with Crippen LogP contribution in [0.25, 0.3) is 6.08 Å². The minimum Gasteiger partial charge on any atom is -0.144 e. The number of allylic oxidation sites excluding steroid dienone is 1. The Morgan fingerprint density at radius 2 is 1.67 bits per heavy atom. The van der Waals surface area contributed by atoms with Gasteiger partial charge in [-0.1, -0.05) is 47.6 Å². The number of hydrogen-bond acceptors (Lipinski definition) is 1. The van der Waals surface area contributed by atoms with Gasteiger partial charge in [0.15, 0.2) is 0 Å². The van der Waals surface area contributed by atoms with Crippen LogP contribution in [-0.2, 0) is 5.41 Å². The summed E-state index contributed by atoms with van der Waals surface area (Å²) in [7, 11) is 0. The van der Waals surface area contributed by atoms with Gasteiger partial charge >= 0.3 is 0 Å². The first-order chi connectivity index (χ1) is 6.70. The maximum Gasteiger partial charge on any atom is 0.0304 e. The lowest BCUT2D eigenvalue weighted by Gasteiger charge is -2.19. The molecule has 1 heteroatoms. The topological polar surface area (TPSA) is 0 Å². The van der Waals surface area contributed by atoms with Crippen molar-refractivity contribution in [1.82, 2.24) is 0 Å². The molecule has 0 spiro atoms. The third-order valence-corrected chi connectivity index (χ3v) is 3.12. The van der Waals surface area contributed by atoms with Crippen molar-refractivity contribution in [2.45, 2.75) is 47.0 Å². The fourth-order valence-electron chi connectivity index (χ4n) is 1.40. The van der Waals surface area contributed by atoms with Crippen molar-refractivity contribution in [2.75, 3.05) is 0 Å². The molecule has 1 aromatic heterocycles. The first kappa shape index (κ1) is 12.5. The highest BCUT2D eigenvalue weighted by Gasteiger charge is 2.17. The van der Waals surface area contributed by atoms with E-state index in [-0.39, 0.29) is 10.8 Å². The van der Waals surface area contributed by atoms with Crippen molar-refractivity contribution < 1.29 is 0 Å². The van der Waals surface area contributed by atoms with E-state index in [0.717, 1.165) is 0 Å². The van der Waals surface area contributed by atoms with E-state index in [1.54, 1.807) is 0 Å². The Kier molecular flexibility index (Phi) is 3.44. The van der Waals surface area contributed by atoms with Gasteiger partial charge in [-0.3, -0.25) is 0 Å². The van der Waals surface area contributed by atoms with Gasteiger partial charge in [0.05, 0.1) is 0 Å². The number of thiophene rings is 1. The Morgan fingerprint density at radius 3 is 2.13 bits per heavy atom. The first-order valence-corrected chi connectivity index (χ1v) is 6.35. The second kappa shape index (κ2) is 4.13. The van der Waals surface area contributed by atoms with Crippen molar-refractivity contribution in [2.24, 2.45) is 5.41 Å². The minimum absolute atomic E-state index is 0.248. The Hall–Kier alpha value is -0.560. The zero-order valence-corrected chi connectivity index (χ0v) is 11.5. The lowest BCUT2D eigenvalue weighted by molar-refractivity contribution is 0.547. The van der Waals surface area contributed by atoms with E-state index in [1.807, 2.05) is 11.3 Å². The molecule has 0 fully saturated rings. The van der Waals surface area contributed by atoms with Gasteiger partial charge in [-0.05, 0) is 33.9 Å². The first-order valence-electron chi connectivity index (χ1n) is 5.47. The monoisotopic (exact) mass is 222 g/mol. The summed E-state index contributed by atoms with van der Waals surface area (Å²) in [5.74, 6) is 0. The second-order valence-corrected chi connectivity index (χ2v) is 7.10. The maximum absolute atomic E-state index is 2.29. The zero-order valence-electron chi connectivity index (χ0n) is 10.7. The van der Waals surface area contributed by atoms with Crippen LogP contribution in [0.2, 0.25) is 0 Å². The van der Waals surface area contributed by atoms with E-state index >= 15 is 0 Å². The maximum atomic E-state index is 2.29. The highest BCUT2D eigenvalue weighted by atomic mass is 32.1. The molecular formula is C14H22S. The molecule has 1 rings (SSSR count). The van der Waals surface area contributed by atoms with Gasteiger partial charge in [0, 0.05) is 4.88 Å². The van der Waals surface area contributed by atoms with Gasteiger partial charge in [0.1, 0.15) is 0 Å². The Bertz CT molecular complexity index is 342. The predicted octanol–water partition coefficient (Wildman–Crippen LogP) is 5.10. The molecule has 0 saturated heterocycles. The molecule has 0 N–H and O–H groups in total. The summed E-state index contributed by atoms with van der Waals surface area (Å²) in [5.41, 5.74) is 1.96. The van der Waals surface area contributed by atoms with E-state index in [1.165, 1.54) is 10.4 Å². The molecule has 0 unspecified atom stereocenters. The van der Waals surface area contributed by atoms with Gasteiger partial charge in [-0.2, -0.15) is 0 Å².